The van der Waals surface area contributed by atoms with Crippen LogP contribution in [0.3, 0.4) is 0 Å². The van der Waals surface area contributed by atoms with Gasteiger partial charge in [0.05, 0.1) is 0 Å². The van der Waals surface area contributed by atoms with Crippen LogP contribution in [0.2, 0.25) is 5.02 Å². The van der Waals surface area contributed by atoms with E-state index in [1.807, 2.05) is 7.05 Å². The van der Waals surface area contributed by atoms with Gasteiger partial charge in [-0.3, -0.25) is 0 Å². The third-order valence-corrected chi connectivity index (χ3v) is 4.15. The SMILES string of the molecule is CNC(Cc1cc(F)ccc1Cl)c1ccc(C(C)C)cc1. The van der Waals surface area contributed by atoms with Gasteiger partial charge in [0.2, 0.25) is 0 Å². The van der Waals surface area contributed by atoms with E-state index in [9.17, 15) is 4.39 Å². The molecule has 0 saturated heterocycles. The Morgan fingerprint density at radius 2 is 1.67 bits per heavy atom. The summed E-state index contributed by atoms with van der Waals surface area (Å²) in [7, 11) is 1.91. The lowest BCUT2D eigenvalue weighted by Crippen LogP contribution is -2.19. The molecule has 0 aliphatic carbocycles. The summed E-state index contributed by atoms with van der Waals surface area (Å²) in [5.74, 6) is 0.268. The minimum atomic E-state index is -0.251. The Hall–Kier alpha value is -1.38. The van der Waals surface area contributed by atoms with E-state index in [-0.39, 0.29) is 11.9 Å². The van der Waals surface area contributed by atoms with Gasteiger partial charge < -0.3 is 5.32 Å². The predicted octanol–water partition coefficient (Wildman–Crippen LogP) is 5.11. The maximum atomic E-state index is 13.4. The van der Waals surface area contributed by atoms with E-state index >= 15 is 0 Å². The number of hydrogen-bond donors (Lipinski definition) is 1. The molecule has 0 radical (unpaired) electrons. The molecule has 1 unspecified atom stereocenters. The Bertz CT molecular complexity index is 593. The molecule has 0 amide bonds. The van der Waals surface area contributed by atoms with Gasteiger partial charge in [-0.2, -0.15) is 0 Å². The molecular weight excluding hydrogens is 285 g/mol. The normalized spacial score (nSPS) is 12.7. The van der Waals surface area contributed by atoms with E-state index in [1.165, 1.54) is 23.3 Å². The maximum absolute atomic E-state index is 13.4. The highest BCUT2D eigenvalue weighted by Gasteiger charge is 2.13. The summed E-state index contributed by atoms with van der Waals surface area (Å²) in [5.41, 5.74) is 3.32. The lowest BCUT2D eigenvalue weighted by molar-refractivity contribution is 0.584. The number of hydrogen-bond acceptors (Lipinski definition) is 1. The third kappa shape index (κ3) is 4.05. The molecule has 0 saturated carbocycles. The number of rotatable bonds is 5. The van der Waals surface area contributed by atoms with Gasteiger partial charge in [0, 0.05) is 11.1 Å². The first-order valence-corrected chi connectivity index (χ1v) is 7.60. The van der Waals surface area contributed by atoms with Crippen LogP contribution in [0.15, 0.2) is 42.5 Å². The minimum Gasteiger partial charge on any atom is -0.313 e. The van der Waals surface area contributed by atoms with Crippen LogP contribution in [0.5, 0.6) is 0 Å². The van der Waals surface area contributed by atoms with Crippen molar-refractivity contribution in [2.75, 3.05) is 7.05 Å². The molecule has 2 rings (SSSR count). The standard InChI is InChI=1S/C18H21ClFN/c1-12(2)13-4-6-14(7-5-13)18(21-3)11-15-10-16(20)8-9-17(15)19/h4-10,12,18,21H,11H2,1-3H3. The van der Waals surface area contributed by atoms with Crippen LogP contribution in [0.1, 0.15) is 42.5 Å². The second-order valence-corrected chi connectivity index (χ2v) is 6.01. The molecule has 2 aromatic rings. The Balaban J connectivity index is 2.21. The molecule has 0 aromatic heterocycles. The van der Waals surface area contributed by atoms with Crippen LogP contribution in [0.4, 0.5) is 4.39 Å². The van der Waals surface area contributed by atoms with E-state index in [0.29, 0.717) is 17.4 Å². The van der Waals surface area contributed by atoms with E-state index in [0.717, 1.165) is 5.56 Å². The second-order valence-electron chi connectivity index (χ2n) is 5.60. The summed E-state index contributed by atoms with van der Waals surface area (Å²) in [6.07, 6.45) is 0.661. The van der Waals surface area contributed by atoms with Crippen molar-refractivity contribution in [3.05, 3.63) is 70.0 Å². The van der Waals surface area contributed by atoms with Crippen molar-refractivity contribution < 1.29 is 4.39 Å². The largest absolute Gasteiger partial charge is 0.313 e. The first-order valence-electron chi connectivity index (χ1n) is 7.22. The van der Waals surface area contributed by atoms with Crippen molar-refractivity contribution in [1.29, 1.82) is 0 Å². The summed E-state index contributed by atoms with van der Waals surface area (Å²) in [4.78, 5) is 0. The van der Waals surface area contributed by atoms with Crippen LogP contribution in [-0.4, -0.2) is 7.05 Å². The fourth-order valence-electron chi connectivity index (χ4n) is 2.42. The molecule has 112 valence electrons. The maximum Gasteiger partial charge on any atom is 0.123 e. The summed E-state index contributed by atoms with van der Waals surface area (Å²) < 4.78 is 13.4. The Morgan fingerprint density at radius 3 is 2.24 bits per heavy atom. The van der Waals surface area contributed by atoms with E-state index < -0.39 is 0 Å². The molecule has 1 atom stereocenters. The topological polar surface area (TPSA) is 12.0 Å². The summed E-state index contributed by atoms with van der Waals surface area (Å²) in [5, 5.41) is 3.89. The highest BCUT2D eigenvalue weighted by atomic mass is 35.5. The number of nitrogens with one attached hydrogen (secondary N) is 1. The first-order chi connectivity index (χ1) is 10.0. The summed E-state index contributed by atoms with van der Waals surface area (Å²) in [6, 6.07) is 13.2. The molecular formula is C18H21ClFN. The van der Waals surface area contributed by atoms with Gasteiger partial charge in [0.15, 0.2) is 0 Å². The van der Waals surface area contributed by atoms with E-state index in [1.54, 1.807) is 6.07 Å². The van der Waals surface area contributed by atoms with Crippen LogP contribution < -0.4 is 5.32 Å². The van der Waals surface area contributed by atoms with Gasteiger partial charge in [-0.05, 0) is 54.3 Å². The minimum absolute atomic E-state index is 0.116. The van der Waals surface area contributed by atoms with Crippen molar-refractivity contribution in [3.8, 4) is 0 Å². The molecule has 0 fully saturated rings. The molecule has 0 heterocycles. The van der Waals surface area contributed by atoms with Crippen molar-refractivity contribution in [1.82, 2.24) is 5.32 Å². The highest BCUT2D eigenvalue weighted by Crippen LogP contribution is 2.25. The third-order valence-electron chi connectivity index (χ3n) is 3.79. The van der Waals surface area contributed by atoms with E-state index in [2.05, 4.69) is 43.4 Å². The molecule has 0 aliphatic heterocycles. The van der Waals surface area contributed by atoms with E-state index in [4.69, 9.17) is 11.6 Å². The van der Waals surface area contributed by atoms with Gasteiger partial charge in [-0.15, -0.1) is 0 Å². The van der Waals surface area contributed by atoms with Crippen LogP contribution in [0, 0.1) is 5.82 Å². The fraction of sp³-hybridized carbons (Fsp3) is 0.333. The van der Waals surface area contributed by atoms with Crippen molar-refractivity contribution in [2.24, 2.45) is 0 Å². The van der Waals surface area contributed by atoms with Gasteiger partial charge in [-0.1, -0.05) is 49.7 Å². The van der Waals surface area contributed by atoms with Crippen LogP contribution in [0.25, 0.3) is 0 Å². The smallest absolute Gasteiger partial charge is 0.123 e. The summed E-state index contributed by atoms with van der Waals surface area (Å²) >= 11 is 6.16. The Labute approximate surface area is 131 Å². The van der Waals surface area contributed by atoms with Crippen molar-refractivity contribution in [2.45, 2.75) is 32.2 Å². The van der Waals surface area contributed by atoms with Crippen molar-refractivity contribution in [3.63, 3.8) is 0 Å². The quantitative estimate of drug-likeness (QED) is 0.810. The zero-order chi connectivity index (χ0) is 15.4. The molecule has 0 bridgehead atoms. The van der Waals surface area contributed by atoms with Gasteiger partial charge in [0.1, 0.15) is 5.82 Å². The van der Waals surface area contributed by atoms with Crippen LogP contribution >= 0.6 is 11.6 Å². The Morgan fingerprint density at radius 1 is 1.05 bits per heavy atom. The monoisotopic (exact) mass is 305 g/mol. The van der Waals surface area contributed by atoms with Crippen LogP contribution in [-0.2, 0) is 6.42 Å². The van der Waals surface area contributed by atoms with Gasteiger partial charge in [-0.25, -0.2) is 4.39 Å². The fourth-order valence-corrected chi connectivity index (χ4v) is 2.61. The molecule has 0 aliphatic rings. The highest BCUT2D eigenvalue weighted by molar-refractivity contribution is 6.31. The lowest BCUT2D eigenvalue weighted by Gasteiger charge is -2.18. The predicted molar refractivity (Wildman–Crippen MR) is 87.4 cm³/mol. The average Bonchev–Trinajstić information content (AvgIpc) is 2.48. The summed E-state index contributed by atoms with van der Waals surface area (Å²) in [6.45, 7) is 4.36. The second kappa shape index (κ2) is 7.06. The first kappa shape index (κ1) is 16.0. The van der Waals surface area contributed by atoms with Gasteiger partial charge >= 0.3 is 0 Å². The number of likely N-dealkylation sites (N-methyl/N-ethyl adjacent to an activating group) is 1. The average molecular weight is 306 g/mol. The Kier molecular flexibility index (Phi) is 5.38. The molecule has 21 heavy (non-hydrogen) atoms. The molecule has 2 aromatic carbocycles. The molecule has 3 heteroatoms. The zero-order valence-electron chi connectivity index (χ0n) is 12.7. The number of benzene rings is 2. The molecule has 1 nitrogen and oxygen atoms in total. The lowest BCUT2D eigenvalue weighted by atomic mass is 9.95. The van der Waals surface area contributed by atoms with Crippen molar-refractivity contribution >= 4 is 11.6 Å². The zero-order valence-corrected chi connectivity index (χ0v) is 13.4. The molecule has 1 N–H and O–H groups in total. The number of halogens is 2. The molecule has 0 spiro atoms. The van der Waals surface area contributed by atoms with Gasteiger partial charge in [0.25, 0.3) is 0 Å².